The number of ether oxygens (including phenoxy) is 2. The number of hydrogen-bond acceptors (Lipinski definition) is 19. The summed E-state index contributed by atoms with van der Waals surface area (Å²) in [5, 5.41) is 16.1. The molecule has 3 aliphatic heterocycles. The molecule has 3 saturated heterocycles. The highest BCUT2D eigenvalue weighted by atomic mass is 32.5. The van der Waals surface area contributed by atoms with Crippen LogP contribution in [0.1, 0.15) is 36.2 Å². The Bertz CT molecular complexity index is 2800. The second-order valence-corrected chi connectivity index (χ2v) is 18.6. The molecule has 9 rings (SSSR count). The zero-order valence-corrected chi connectivity index (χ0v) is 34.9. The van der Waals surface area contributed by atoms with Crippen molar-refractivity contribution in [2.24, 2.45) is 5.92 Å². The van der Waals surface area contributed by atoms with Crippen LogP contribution in [0.2, 0.25) is 0 Å². The number of amides is 1. The first-order chi connectivity index (χ1) is 30.1. The molecule has 2 unspecified atom stereocenters. The molecule has 322 valence electrons. The molecule has 3 aliphatic rings. The lowest BCUT2D eigenvalue weighted by atomic mass is 10.0. The lowest BCUT2D eigenvalue weighted by Crippen LogP contribution is -2.37. The number of hydrogen-bond donors (Lipinski definition) is 1. The van der Waals surface area contributed by atoms with Crippen molar-refractivity contribution in [3.05, 3.63) is 78.9 Å². The van der Waals surface area contributed by atoms with Gasteiger partial charge < -0.3 is 33.2 Å². The molecule has 6 aromatic rings. The van der Waals surface area contributed by atoms with Gasteiger partial charge in [0.15, 0.2) is 46.2 Å². The van der Waals surface area contributed by atoms with E-state index in [0.29, 0.717) is 22.4 Å². The normalized spacial score (nSPS) is 30.3. The molecule has 1 aromatic carbocycles. The van der Waals surface area contributed by atoms with Crippen molar-refractivity contribution in [3.8, 4) is 6.07 Å². The average Bonchev–Trinajstić information content (AvgIpc) is 4.12. The molecule has 5 aromatic heterocycles. The van der Waals surface area contributed by atoms with E-state index in [-0.39, 0.29) is 36.6 Å². The van der Waals surface area contributed by atoms with Crippen LogP contribution in [-0.4, -0.2) is 118 Å². The largest absolute Gasteiger partial charge is 0.475 e. The van der Waals surface area contributed by atoms with E-state index in [4.69, 9.17) is 55.0 Å². The Balaban J connectivity index is 1.03. The predicted molar refractivity (Wildman–Crippen MR) is 213 cm³/mol. The molecule has 10 atom stereocenters. The minimum Gasteiger partial charge on any atom is -0.349 e. The number of nitriles is 1. The third kappa shape index (κ3) is 8.09. The van der Waals surface area contributed by atoms with Crippen molar-refractivity contribution in [2.75, 3.05) is 38.3 Å². The van der Waals surface area contributed by atoms with Crippen LogP contribution in [0, 0.1) is 23.8 Å². The number of alkyl halides is 1. The minimum absolute atomic E-state index is 0.0508. The Kier molecular flexibility index (Phi) is 11.9. The zero-order valence-electron chi connectivity index (χ0n) is 32.3. The summed E-state index contributed by atoms with van der Waals surface area (Å²) in [6, 6.07) is 10.4. The van der Waals surface area contributed by atoms with Gasteiger partial charge in [-0.3, -0.25) is 27.5 Å². The van der Waals surface area contributed by atoms with Crippen LogP contribution in [0.25, 0.3) is 32.8 Å². The molecule has 23 nitrogen and oxygen atoms in total. The first-order valence-electron chi connectivity index (χ1n) is 18.9. The molecular formula is C35H34FN13O10P2S. The molecule has 0 aliphatic carbocycles. The second kappa shape index (κ2) is 17.5. The molecule has 0 saturated carbocycles. The highest BCUT2D eigenvalue weighted by Crippen LogP contribution is 2.59. The van der Waals surface area contributed by atoms with E-state index in [9.17, 15) is 14.6 Å². The summed E-state index contributed by atoms with van der Waals surface area (Å²) in [6.45, 7) is 3.37. The quantitative estimate of drug-likeness (QED) is 0.114. The van der Waals surface area contributed by atoms with E-state index in [1.807, 2.05) is 13.0 Å². The summed E-state index contributed by atoms with van der Waals surface area (Å²) < 4.78 is 84.9. The Morgan fingerprint density at radius 2 is 1.66 bits per heavy atom. The maximum atomic E-state index is 17.0. The first-order valence-corrected chi connectivity index (χ1v) is 23.0. The minimum atomic E-state index is -4.76. The van der Waals surface area contributed by atoms with Crippen LogP contribution in [-0.2, 0) is 53.0 Å². The van der Waals surface area contributed by atoms with Gasteiger partial charge in [0.25, 0.3) is 5.91 Å². The summed E-state index contributed by atoms with van der Waals surface area (Å²) in [5.41, 5.74) is 1.88. The molecule has 0 spiro atoms. The smallest absolute Gasteiger partial charge is 0.349 e. The molecule has 0 bridgehead atoms. The van der Waals surface area contributed by atoms with Gasteiger partial charge in [-0.05, 0) is 23.9 Å². The van der Waals surface area contributed by atoms with Gasteiger partial charge in [-0.25, -0.2) is 49.9 Å². The number of halogens is 1. The molecule has 8 heterocycles. The fraction of sp³-hybridized carbons (Fsp3) is 0.429. The van der Waals surface area contributed by atoms with Crippen molar-refractivity contribution in [2.45, 2.75) is 56.4 Å². The van der Waals surface area contributed by atoms with E-state index in [1.54, 1.807) is 34.9 Å². The maximum Gasteiger partial charge on any atom is 0.475 e. The molecule has 1 N–H and O–H groups in total. The fourth-order valence-corrected chi connectivity index (χ4v) is 10.8. The highest BCUT2D eigenvalue weighted by molar-refractivity contribution is 8.07. The standard InChI is InChI=1S/C35H34FN13O10P2S/c1-20-27-22(56-34(20)47-18-43-26-31(47)44-19-49-32(26)41-16-45-49)13-54-60(51,52-12-10-38-2)58-28-23(14-55-61(62,59-27)53-11-6-9-37)57-35(24(28)36)48-17-42-25-29(39-15-40-30(25)48)46-33(50)21-7-4-3-5-8-21/h3-5,7-8,15-20,22-24,27-28,34-35H,6,10-14H2,1H3,(H,39,40,46,50)/t20-,22-,23-,24-,27+,28-,34-,35-,60?,61?/m1/s1. The van der Waals surface area contributed by atoms with Crippen molar-refractivity contribution >= 4 is 66.0 Å². The van der Waals surface area contributed by atoms with Crippen LogP contribution in [0.5, 0.6) is 0 Å². The van der Waals surface area contributed by atoms with Crippen LogP contribution in [0.4, 0.5) is 10.2 Å². The van der Waals surface area contributed by atoms with Gasteiger partial charge in [-0.2, -0.15) is 10.4 Å². The Hall–Kier alpha value is -5.27. The van der Waals surface area contributed by atoms with E-state index < -0.39 is 89.2 Å². The van der Waals surface area contributed by atoms with Crippen molar-refractivity contribution in [1.82, 2.24) is 48.7 Å². The molecule has 3 fully saturated rings. The number of phosphoric ester groups is 1. The third-order valence-electron chi connectivity index (χ3n) is 10.1. The van der Waals surface area contributed by atoms with Gasteiger partial charge in [0.05, 0.1) is 45.0 Å². The van der Waals surface area contributed by atoms with Gasteiger partial charge in [-0.1, -0.05) is 25.1 Å². The molecular weight excluding hydrogens is 875 g/mol. The SMILES string of the molecule is [C-]#[N+]CCOP1(=O)OC[C@H]2O[C@@H](n3cnc4c3ncn3ncnc43)[C@H](C)[C@@H]2OP(=S)(OCCC#N)OC[C@H]2O[C@@H](n3cnc4c(NC(=O)c5ccccc5)ncnc43)[C@H](F)[C@@H]2O1. The number of phosphoric acid groups is 1. The van der Waals surface area contributed by atoms with Gasteiger partial charge in [-0.15, -0.1) is 0 Å². The highest BCUT2D eigenvalue weighted by Gasteiger charge is 2.54. The number of benzene rings is 1. The van der Waals surface area contributed by atoms with Gasteiger partial charge >= 0.3 is 14.5 Å². The van der Waals surface area contributed by atoms with Crippen LogP contribution < -0.4 is 5.32 Å². The molecule has 62 heavy (non-hydrogen) atoms. The van der Waals surface area contributed by atoms with Crippen LogP contribution >= 0.6 is 14.5 Å². The number of fused-ring (bicyclic) bond motifs is 6. The summed E-state index contributed by atoms with van der Waals surface area (Å²) in [4.78, 5) is 42.3. The Labute approximate surface area is 355 Å². The average molecular weight is 910 g/mol. The van der Waals surface area contributed by atoms with Gasteiger partial charge in [0.1, 0.15) is 56.2 Å². The summed E-state index contributed by atoms with van der Waals surface area (Å²) in [6.07, 6.45) is -2.90. The van der Waals surface area contributed by atoms with Gasteiger partial charge in [0.2, 0.25) is 6.54 Å². The number of nitrogens with zero attached hydrogens (tertiary/aromatic N) is 12. The molecule has 27 heteroatoms. The first kappa shape index (κ1) is 42.1. The third-order valence-corrected chi connectivity index (χ3v) is 14.0. The number of rotatable bonds is 10. The Morgan fingerprint density at radius 3 is 2.47 bits per heavy atom. The van der Waals surface area contributed by atoms with Crippen molar-refractivity contribution in [1.29, 1.82) is 5.26 Å². The van der Waals surface area contributed by atoms with Crippen molar-refractivity contribution < 1.29 is 50.4 Å². The van der Waals surface area contributed by atoms with Crippen molar-refractivity contribution in [3.63, 3.8) is 0 Å². The molecule has 0 radical (unpaired) electrons. The summed E-state index contributed by atoms with van der Waals surface area (Å²) in [5.74, 6) is -0.981. The lowest BCUT2D eigenvalue weighted by Gasteiger charge is -2.32. The van der Waals surface area contributed by atoms with E-state index >= 15 is 4.39 Å². The summed E-state index contributed by atoms with van der Waals surface area (Å²) >= 11 is 5.92. The van der Waals surface area contributed by atoms with E-state index in [1.165, 1.54) is 40.7 Å². The van der Waals surface area contributed by atoms with Crippen LogP contribution in [0.15, 0.2) is 62.0 Å². The number of imidazole rings is 2. The number of carbonyl (C=O) groups excluding carboxylic acids is 1. The van der Waals surface area contributed by atoms with E-state index in [0.717, 1.165) is 0 Å². The fourth-order valence-electron chi connectivity index (χ4n) is 7.24. The lowest BCUT2D eigenvalue weighted by molar-refractivity contribution is -0.0658. The second-order valence-electron chi connectivity index (χ2n) is 14.0. The number of nitrogens with one attached hydrogen (secondary N) is 1. The monoisotopic (exact) mass is 909 g/mol. The maximum absolute atomic E-state index is 17.0. The van der Waals surface area contributed by atoms with Gasteiger partial charge in [0, 0.05) is 11.5 Å². The Morgan fingerprint density at radius 1 is 0.935 bits per heavy atom. The number of aromatic nitrogens is 10. The topological polar surface area (TPSA) is 253 Å². The number of carbonyl (C=O) groups is 1. The summed E-state index contributed by atoms with van der Waals surface area (Å²) in [7, 11) is -4.76. The zero-order chi connectivity index (χ0) is 43.0. The number of anilines is 1. The predicted octanol–water partition coefficient (Wildman–Crippen LogP) is 4.35. The van der Waals surface area contributed by atoms with E-state index in [2.05, 4.69) is 45.2 Å². The van der Waals surface area contributed by atoms with Crippen LogP contribution in [0.3, 0.4) is 0 Å². The molecule has 1 amide bonds.